The van der Waals surface area contributed by atoms with E-state index in [4.69, 9.17) is 8.83 Å². The lowest BCUT2D eigenvalue weighted by Crippen LogP contribution is -2.18. The van der Waals surface area contributed by atoms with E-state index in [2.05, 4.69) is 10.6 Å². The lowest BCUT2D eigenvalue weighted by atomic mass is 10.0. The van der Waals surface area contributed by atoms with E-state index in [-0.39, 0.29) is 22.5 Å². The fourth-order valence-corrected chi connectivity index (χ4v) is 4.37. The zero-order valence-corrected chi connectivity index (χ0v) is 19.7. The van der Waals surface area contributed by atoms with Gasteiger partial charge in [0.2, 0.25) is 0 Å². The van der Waals surface area contributed by atoms with E-state index in [1.165, 1.54) is 12.1 Å². The highest BCUT2D eigenvalue weighted by atomic mass is 16.4. The maximum absolute atomic E-state index is 13.0. The number of benzene rings is 4. The third-order valence-electron chi connectivity index (χ3n) is 6.17. The van der Waals surface area contributed by atoms with Gasteiger partial charge in [-0.2, -0.15) is 0 Å². The summed E-state index contributed by atoms with van der Waals surface area (Å²) in [4.78, 5) is 51.2. The third-order valence-corrected chi connectivity index (χ3v) is 6.17. The minimum atomic E-state index is -0.778. The fourth-order valence-electron chi connectivity index (χ4n) is 4.37. The SMILES string of the molecule is O=C(Nc1cc2c(oc1=O)c1ccccc1c1cc(NC(=O)c3ccccc3)c(=O)oc12)c1ccccc1. The van der Waals surface area contributed by atoms with Crippen molar-refractivity contribution >= 4 is 55.9 Å². The average Bonchev–Trinajstić information content (AvgIpc) is 2.95. The second-order valence-electron chi connectivity index (χ2n) is 8.57. The predicted molar refractivity (Wildman–Crippen MR) is 145 cm³/mol. The molecule has 2 heterocycles. The summed E-state index contributed by atoms with van der Waals surface area (Å²) in [6, 6.07) is 27.0. The van der Waals surface area contributed by atoms with Crippen molar-refractivity contribution in [2.75, 3.05) is 10.6 Å². The van der Waals surface area contributed by atoms with Crippen LogP contribution in [0.3, 0.4) is 0 Å². The second kappa shape index (κ2) is 9.18. The van der Waals surface area contributed by atoms with Gasteiger partial charge in [-0.05, 0) is 41.8 Å². The third kappa shape index (κ3) is 4.00. The molecule has 0 spiro atoms. The van der Waals surface area contributed by atoms with Crippen LogP contribution in [0.25, 0.3) is 32.7 Å². The fraction of sp³-hybridized carbons (Fsp3) is 0. The number of nitrogens with one attached hydrogen (secondary N) is 2. The zero-order valence-electron chi connectivity index (χ0n) is 19.7. The zero-order chi connectivity index (χ0) is 26.2. The van der Waals surface area contributed by atoms with Gasteiger partial charge in [0.1, 0.15) is 22.5 Å². The second-order valence-corrected chi connectivity index (χ2v) is 8.57. The Kier molecular flexibility index (Phi) is 5.54. The standard InChI is InChI=1S/C30H18N2O6/c33-27(17-9-3-1-4-10-17)31-23-15-21-19-13-7-8-14-20(19)25-22(26(21)38-29(23)35)16-24(30(36)37-25)32-28(34)18-11-5-2-6-12-18/h1-16H,(H,31,33)(H,32,34). The summed E-state index contributed by atoms with van der Waals surface area (Å²) in [6.07, 6.45) is 0. The number of carbonyl (C=O) groups is 2. The van der Waals surface area contributed by atoms with E-state index in [0.717, 1.165) is 0 Å². The first-order chi connectivity index (χ1) is 18.5. The van der Waals surface area contributed by atoms with Crippen LogP contribution in [0.4, 0.5) is 11.4 Å². The number of anilines is 2. The van der Waals surface area contributed by atoms with Crippen molar-refractivity contribution < 1.29 is 18.4 Å². The van der Waals surface area contributed by atoms with Gasteiger partial charge in [0.15, 0.2) is 0 Å². The van der Waals surface area contributed by atoms with Crippen molar-refractivity contribution in [1.29, 1.82) is 0 Å². The summed E-state index contributed by atoms with van der Waals surface area (Å²) < 4.78 is 11.3. The minimum Gasteiger partial charge on any atom is -0.420 e. The lowest BCUT2D eigenvalue weighted by molar-refractivity contribution is 0.101. The number of hydrogen-bond donors (Lipinski definition) is 2. The first-order valence-electron chi connectivity index (χ1n) is 11.7. The molecule has 8 heteroatoms. The van der Waals surface area contributed by atoms with Crippen molar-refractivity contribution in [3.63, 3.8) is 0 Å². The van der Waals surface area contributed by atoms with Gasteiger partial charge in [-0.1, -0.05) is 60.7 Å². The molecular formula is C30H18N2O6. The van der Waals surface area contributed by atoms with Crippen LogP contribution in [0, 0.1) is 0 Å². The van der Waals surface area contributed by atoms with E-state index in [0.29, 0.717) is 32.7 Å². The van der Waals surface area contributed by atoms with E-state index < -0.39 is 23.1 Å². The Morgan fingerprint density at radius 2 is 0.921 bits per heavy atom. The van der Waals surface area contributed by atoms with Crippen molar-refractivity contribution in [3.8, 4) is 0 Å². The topological polar surface area (TPSA) is 119 Å². The molecule has 0 fully saturated rings. The summed E-state index contributed by atoms with van der Waals surface area (Å²) in [6.45, 7) is 0. The van der Waals surface area contributed by atoms with Gasteiger partial charge in [0.25, 0.3) is 11.8 Å². The molecule has 8 nitrogen and oxygen atoms in total. The normalized spacial score (nSPS) is 11.1. The highest BCUT2D eigenvalue weighted by Crippen LogP contribution is 2.35. The first-order valence-corrected chi connectivity index (χ1v) is 11.7. The molecule has 0 bridgehead atoms. The molecule has 38 heavy (non-hydrogen) atoms. The number of carbonyl (C=O) groups excluding carboxylic acids is 2. The predicted octanol–water partition coefficient (Wildman–Crippen LogP) is 5.56. The molecule has 0 aliphatic rings. The Morgan fingerprint density at radius 3 is 1.45 bits per heavy atom. The summed E-state index contributed by atoms with van der Waals surface area (Å²) in [5.41, 5.74) is -0.560. The van der Waals surface area contributed by atoms with Crippen LogP contribution >= 0.6 is 0 Å². The molecule has 0 aliphatic carbocycles. The molecule has 0 atom stereocenters. The molecular weight excluding hydrogens is 484 g/mol. The maximum atomic E-state index is 13.0. The molecule has 2 amide bonds. The molecule has 2 N–H and O–H groups in total. The maximum Gasteiger partial charge on any atom is 0.360 e. The van der Waals surface area contributed by atoms with Crippen LogP contribution in [-0.2, 0) is 0 Å². The van der Waals surface area contributed by atoms with Crippen LogP contribution in [0.1, 0.15) is 20.7 Å². The van der Waals surface area contributed by atoms with Crippen molar-refractivity contribution in [2.45, 2.75) is 0 Å². The monoisotopic (exact) mass is 502 g/mol. The lowest BCUT2D eigenvalue weighted by Gasteiger charge is -2.11. The Labute approximate surface area is 214 Å². The molecule has 0 saturated heterocycles. The minimum absolute atomic E-state index is 0.0363. The molecule has 184 valence electrons. The van der Waals surface area contributed by atoms with Crippen LogP contribution in [0.15, 0.2) is 115 Å². The number of amides is 2. The van der Waals surface area contributed by atoms with E-state index in [1.807, 2.05) is 0 Å². The Balaban J connectivity index is 1.53. The number of fused-ring (bicyclic) bond motifs is 6. The van der Waals surface area contributed by atoms with Crippen LogP contribution in [0.2, 0.25) is 0 Å². The number of hydrogen-bond acceptors (Lipinski definition) is 6. The molecule has 6 aromatic rings. The van der Waals surface area contributed by atoms with Crippen LogP contribution in [0.5, 0.6) is 0 Å². The van der Waals surface area contributed by atoms with Gasteiger partial charge in [-0.15, -0.1) is 0 Å². The molecule has 0 unspecified atom stereocenters. The summed E-state index contributed by atoms with van der Waals surface area (Å²) >= 11 is 0. The Bertz CT molecular complexity index is 1990. The van der Waals surface area contributed by atoms with Crippen molar-refractivity contribution in [1.82, 2.24) is 0 Å². The van der Waals surface area contributed by atoms with Crippen LogP contribution < -0.4 is 21.9 Å². The number of rotatable bonds is 4. The van der Waals surface area contributed by atoms with Gasteiger partial charge < -0.3 is 19.5 Å². The molecule has 0 saturated carbocycles. The van der Waals surface area contributed by atoms with Gasteiger partial charge in [0.05, 0.1) is 5.39 Å². The van der Waals surface area contributed by atoms with Crippen LogP contribution in [-0.4, -0.2) is 11.8 Å². The van der Waals surface area contributed by atoms with Gasteiger partial charge in [-0.3, -0.25) is 9.59 Å². The van der Waals surface area contributed by atoms with Gasteiger partial charge in [0, 0.05) is 21.9 Å². The Morgan fingerprint density at radius 1 is 0.500 bits per heavy atom. The van der Waals surface area contributed by atoms with E-state index in [9.17, 15) is 19.2 Å². The first kappa shape index (κ1) is 22.9. The molecule has 6 rings (SSSR count). The summed E-state index contributed by atoms with van der Waals surface area (Å²) in [5.74, 6) is -0.950. The summed E-state index contributed by atoms with van der Waals surface area (Å²) in [5, 5.41) is 7.29. The van der Waals surface area contributed by atoms with E-state index >= 15 is 0 Å². The Hall–Kier alpha value is -5.50. The van der Waals surface area contributed by atoms with Gasteiger partial charge >= 0.3 is 11.3 Å². The largest absolute Gasteiger partial charge is 0.420 e. The van der Waals surface area contributed by atoms with Crippen molar-refractivity contribution in [2.24, 2.45) is 0 Å². The van der Waals surface area contributed by atoms with Crippen molar-refractivity contribution in [3.05, 3.63) is 129 Å². The average molecular weight is 502 g/mol. The molecule has 4 aromatic carbocycles. The van der Waals surface area contributed by atoms with Gasteiger partial charge in [-0.25, -0.2) is 9.59 Å². The molecule has 2 aromatic heterocycles. The van der Waals surface area contributed by atoms with E-state index in [1.54, 1.807) is 84.9 Å². The highest BCUT2D eigenvalue weighted by Gasteiger charge is 2.19. The quantitative estimate of drug-likeness (QED) is 0.241. The molecule has 0 radical (unpaired) electrons. The highest BCUT2D eigenvalue weighted by molar-refractivity contribution is 6.23. The summed E-state index contributed by atoms with van der Waals surface area (Å²) in [7, 11) is 0. The molecule has 0 aliphatic heterocycles. The smallest absolute Gasteiger partial charge is 0.360 e.